The summed E-state index contributed by atoms with van der Waals surface area (Å²) in [5.74, 6) is -0.480. The number of halogens is 3. The lowest BCUT2D eigenvalue weighted by Gasteiger charge is -2.25. The molecule has 1 heterocycles. The van der Waals surface area contributed by atoms with Crippen LogP contribution in [-0.4, -0.2) is 29.7 Å². The van der Waals surface area contributed by atoms with Crippen molar-refractivity contribution in [3.8, 4) is 5.88 Å². The van der Waals surface area contributed by atoms with Crippen LogP contribution in [0.25, 0.3) is 0 Å². The summed E-state index contributed by atoms with van der Waals surface area (Å²) in [5, 5.41) is 2.64. The van der Waals surface area contributed by atoms with E-state index in [4.69, 9.17) is 5.73 Å². The van der Waals surface area contributed by atoms with Crippen LogP contribution < -0.4 is 15.8 Å². The molecule has 0 saturated heterocycles. The normalized spacial score (nSPS) is 13.6. The number of pyridine rings is 1. The van der Waals surface area contributed by atoms with Gasteiger partial charge in [-0.25, -0.2) is 4.98 Å². The van der Waals surface area contributed by atoms with Crippen LogP contribution in [0.4, 0.5) is 13.2 Å². The molecule has 1 rings (SSSR count). The SMILES string of the molecule is CC(C)(C)[C@H](N)C(=O)NCc1ccnc(OCC(F)(F)F)c1. The molecule has 124 valence electrons. The van der Waals surface area contributed by atoms with Crippen molar-refractivity contribution < 1.29 is 22.7 Å². The topological polar surface area (TPSA) is 77.2 Å². The van der Waals surface area contributed by atoms with Gasteiger partial charge in [0, 0.05) is 18.8 Å². The van der Waals surface area contributed by atoms with Gasteiger partial charge in [-0.1, -0.05) is 20.8 Å². The molecule has 0 aliphatic rings. The molecule has 1 amide bonds. The Morgan fingerprint density at radius 2 is 2.05 bits per heavy atom. The lowest BCUT2D eigenvalue weighted by Crippen LogP contribution is -2.48. The Morgan fingerprint density at radius 1 is 1.41 bits per heavy atom. The summed E-state index contributed by atoms with van der Waals surface area (Å²) in [6.07, 6.45) is -3.11. The van der Waals surface area contributed by atoms with E-state index in [0.29, 0.717) is 5.56 Å². The van der Waals surface area contributed by atoms with Gasteiger partial charge in [-0.2, -0.15) is 13.2 Å². The Kier molecular flexibility index (Phi) is 5.76. The molecular formula is C14H20F3N3O2. The average Bonchev–Trinajstić information content (AvgIpc) is 2.40. The number of carbonyl (C=O) groups excluding carboxylic acids is 1. The van der Waals surface area contributed by atoms with Crippen LogP contribution >= 0.6 is 0 Å². The standard InChI is InChI=1S/C14H20F3N3O2/c1-13(2,3)11(18)12(21)20-7-9-4-5-19-10(6-9)22-8-14(15,16)17/h4-6,11H,7-8,18H2,1-3H3,(H,20,21)/t11-/m1/s1. The zero-order chi connectivity index (χ0) is 17.0. The summed E-state index contributed by atoms with van der Waals surface area (Å²) < 4.78 is 40.8. The summed E-state index contributed by atoms with van der Waals surface area (Å²) in [6, 6.07) is 2.23. The van der Waals surface area contributed by atoms with Gasteiger partial charge in [0.25, 0.3) is 0 Å². The third kappa shape index (κ3) is 6.30. The van der Waals surface area contributed by atoms with Crippen LogP contribution in [-0.2, 0) is 11.3 Å². The highest BCUT2D eigenvalue weighted by Gasteiger charge is 2.29. The van der Waals surface area contributed by atoms with Crippen LogP contribution in [0.1, 0.15) is 26.3 Å². The molecule has 0 aliphatic heterocycles. The molecule has 0 bridgehead atoms. The molecule has 0 aliphatic carbocycles. The van der Waals surface area contributed by atoms with Gasteiger partial charge in [-0.3, -0.25) is 4.79 Å². The van der Waals surface area contributed by atoms with Crippen molar-refractivity contribution in [3.63, 3.8) is 0 Å². The second kappa shape index (κ2) is 6.95. The summed E-state index contributed by atoms with van der Waals surface area (Å²) >= 11 is 0. The largest absolute Gasteiger partial charge is 0.468 e. The number of amides is 1. The first-order valence-corrected chi connectivity index (χ1v) is 6.67. The monoisotopic (exact) mass is 319 g/mol. The number of ether oxygens (including phenoxy) is 1. The van der Waals surface area contributed by atoms with Gasteiger partial charge in [-0.05, 0) is 17.0 Å². The molecule has 0 unspecified atom stereocenters. The van der Waals surface area contributed by atoms with Crippen molar-refractivity contribution in [2.75, 3.05) is 6.61 Å². The average molecular weight is 319 g/mol. The van der Waals surface area contributed by atoms with Crippen molar-refractivity contribution in [1.82, 2.24) is 10.3 Å². The molecule has 1 atom stereocenters. The molecule has 1 aromatic heterocycles. The van der Waals surface area contributed by atoms with Gasteiger partial charge in [0.1, 0.15) is 0 Å². The van der Waals surface area contributed by atoms with Crippen molar-refractivity contribution in [3.05, 3.63) is 23.9 Å². The van der Waals surface area contributed by atoms with Crippen molar-refractivity contribution in [2.24, 2.45) is 11.1 Å². The third-order valence-electron chi connectivity index (χ3n) is 2.87. The predicted molar refractivity (Wildman–Crippen MR) is 75.1 cm³/mol. The number of hydrogen-bond donors (Lipinski definition) is 2. The fraction of sp³-hybridized carbons (Fsp3) is 0.571. The Hall–Kier alpha value is -1.83. The van der Waals surface area contributed by atoms with E-state index >= 15 is 0 Å². The Bertz CT molecular complexity index is 513. The Labute approximate surface area is 127 Å². The highest BCUT2D eigenvalue weighted by molar-refractivity contribution is 5.82. The van der Waals surface area contributed by atoms with E-state index in [9.17, 15) is 18.0 Å². The molecular weight excluding hydrogens is 299 g/mol. The maximum atomic E-state index is 12.1. The zero-order valence-electron chi connectivity index (χ0n) is 12.7. The first-order valence-electron chi connectivity index (χ1n) is 6.67. The second-order valence-electron chi connectivity index (χ2n) is 5.97. The quantitative estimate of drug-likeness (QED) is 0.870. The van der Waals surface area contributed by atoms with E-state index in [2.05, 4.69) is 15.0 Å². The van der Waals surface area contributed by atoms with Crippen molar-refractivity contribution in [2.45, 2.75) is 39.5 Å². The maximum absolute atomic E-state index is 12.1. The van der Waals surface area contributed by atoms with Crippen LogP contribution in [0.15, 0.2) is 18.3 Å². The van der Waals surface area contributed by atoms with Crippen molar-refractivity contribution >= 4 is 5.91 Å². The molecule has 0 spiro atoms. The molecule has 1 aromatic rings. The second-order valence-corrected chi connectivity index (χ2v) is 5.97. The predicted octanol–water partition coefficient (Wildman–Crippen LogP) is 2.01. The number of hydrogen-bond acceptors (Lipinski definition) is 4. The minimum absolute atomic E-state index is 0.132. The number of aromatic nitrogens is 1. The number of rotatable bonds is 5. The Morgan fingerprint density at radius 3 is 2.59 bits per heavy atom. The first kappa shape index (κ1) is 18.2. The summed E-state index contributed by atoms with van der Waals surface area (Å²) in [6.45, 7) is 4.24. The lowest BCUT2D eigenvalue weighted by molar-refractivity contribution is -0.154. The fourth-order valence-electron chi connectivity index (χ4n) is 1.49. The van der Waals surface area contributed by atoms with Gasteiger partial charge >= 0.3 is 6.18 Å². The molecule has 8 heteroatoms. The molecule has 22 heavy (non-hydrogen) atoms. The van der Waals surface area contributed by atoms with Crippen LogP contribution in [0, 0.1) is 5.41 Å². The number of nitrogens with zero attached hydrogens (tertiary/aromatic N) is 1. The number of alkyl halides is 3. The zero-order valence-corrected chi connectivity index (χ0v) is 12.7. The van der Waals surface area contributed by atoms with E-state index in [1.165, 1.54) is 12.3 Å². The summed E-state index contributed by atoms with van der Waals surface area (Å²) in [4.78, 5) is 15.6. The molecule has 0 fully saturated rings. The molecule has 3 N–H and O–H groups in total. The number of nitrogens with two attached hydrogens (primary N) is 1. The van der Waals surface area contributed by atoms with Crippen LogP contribution in [0.5, 0.6) is 5.88 Å². The van der Waals surface area contributed by atoms with Crippen molar-refractivity contribution in [1.29, 1.82) is 0 Å². The summed E-state index contributed by atoms with van der Waals surface area (Å²) in [5.41, 5.74) is 6.00. The highest BCUT2D eigenvalue weighted by atomic mass is 19.4. The highest BCUT2D eigenvalue weighted by Crippen LogP contribution is 2.18. The minimum atomic E-state index is -4.43. The smallest absolute Gasteiger partial charge is 0.422 e. The van der Waals surface area contributed by atoms with Gasteiger partial charge in [0.05, 0.1) is 6.04 Å². The number of nitrogens with one attached hydrogen (secondary N) is 1. The molecule has 5 nitrogen and oxygen atoms in total. The van der Waals surface area contributed by atoms with Gasteiger partial charge in [-0.15, -0.1) is 0 Å². The van der Waals surface area contributed by atoms with Crippen LogP contribution in [0.2, 0.25) is 0 Å². The van der Waals surface area contributed by atoms with E-state index in [0.717, 1.165) is 0 Å². The minimum Gasteiger partial charge on any atom is -0.468 e. The first-order chi connectivity index (χ1) is 9.99. The Balaban J connectivity index is 2.58. The molecule has 0 saturated carbocycles. The maximum Gasteiger partial charge on any atom is 0.422 e. The number of carbonyl (C=O) groups is 1. The fourth-order valence-corrected chi connectivity index (χ4v) is 1.49. The van der Waals surface area contributed by atoms with Gasteiger partial charge in [0.2, 0.25) is 11.8 Å². The summed E-state index contributed by atoms with van der Waals surface area (Å²) in [7, 11) is 0. The molecule has 0 aromatic carbocycles. The van der Waals surface area contributed by atoms with E-state index in [1.807, 2.05) is 20.8 Å². The van der Waals surface area contributed by atoms with E-state index < -0.39 is 18.8 Å². The van der Waals surface area contributed by atoms with E-state index in [1.54, 1.807) is 6.07 Å². The van der Waals surface area contributed by atoms with Crippen LogP contribution in [0.3, 0.4) is 0 Å². The van der Waals surface area contributed by atoms with Gasteiger partial charge < -0.3 is 15.8 Å². The lowest BCUT2D eigenvalue weighted by atomic mass is 9.87. The van der Waals surface area contributed by atoms with E-state index in [-0.39, 0.29) is 23.7 Å². The van der Waals surface area contributed by atoms with Gasteiger partial charge in [0.15, 0.2) is 6.61 Å². The third-order valence-corrected chi connectivity index (χ3v) is 2.87. The molecule has 0 radical (unpaired) electrons.